The van der Waals surface area contributed by atoms with Crippen molar-refractivity contribution in [2.75, 3.05) is 0 Å². The minimum absolute atomic E-state index is 0.221. The molecule has 0 N–H and O–H groups in total. The predicted octanol–water partition coefficient (Wildman–Crippen LogP) is 7.33. The molecule has 0 unspecified atom stereocenters. The monoisotopic (exact) mass is 380 g/mol. The first-order chi connectivity index (χ1) is 13.7. The number of fused-ring (bicyclic) bond motifs is 3. The number of hydrogen-bond acceptors (Lipinski definition) is 1. The average Bonchev–Trinajstić information content (AvgIpc) is 2.72. The van der Waals surface area contributed by atoms with Crippen molar-refractivity contribution in [2.45, 2.75) is 51.6 Å². The van der Waals surface area contributed by atoms with E-state index in [0.717, 1.165) is 6.42 Å². The average molecular weight is 380 g/mol. The van der Waals surface area contributed by atoms with E-state index >= 15 is 0 Å². The lowest BCUT2D eigenvalue weighted by Gasteiger charge is -2.35. The van der Waals surface area contributed by atoms with E-state index < -0.39 is 6.61 Å². The fraction of sp³-hybridized carbons (Fsp3) is 0.360. The standard InChI is InChI=1S/C25H26F2O/c1-2-3-6-18-12-15-22-21-8-5-4-7-17(21)11-16-23(22)24(18)19-9-13-20(14-10-19)28-25(26)27/h4-5,7-11,13-14,16,18,24-25H,2-3,6,12,15H2,1H3/t18-,24-/m1/s1. The topological polar surface area (TPSA) is 9.23 Å². The largest absolute Gasteiger partial charge is 0.435 e. The third kappa shape index (κ3) is 3.76. The summed E-state index contributed by atoms with van der Waals surface area (Å²) in [7, 11) is 0. The molecule has 1 aliphatic rings. The first-order valence-electron chi connectivity index (χ1n) is 10.2. The van der Waals surface area contributed by atoms with Crippen LogP contribution in [0.5, 0.6) is 5.75 Å². The number of ether oxygens (including phenoxy) is 1. The van der Waals surface area contributed by atoms with E-state index in [2.05, 4.69) is 48.1 Å². The van der Waals surface area contributed by atoms with Gasteiger partial charge in [0.15, 0.2) is 0 Å². The van der Waals surface area contributed by atoms with Crippen LogP contribution in [0.2, 0.25) is 0 Å². The lowest BCUT2D eigenvalue weighted by molar-refractivity contribution is -0.0498. The number of halogens is 2. The minimum Gasteiger partial charge on any atom is -0.435 e. The fourth-order valence-corrected chi connectivity index (χ4v) is 4.76. The highest BCUT2D eigenvalue weighted by atomic mass is 19.3. The normalized spacial score (nSPS) is 19.0. The number of aryl methyl sites for hydroxylation is 1. The molecule has 146 valence electrons. The van der Waals surface area contributed by atoms with Crippen molar-refractivity contribution in [3.05, 3.63) is 77.4 Å². The van der Waals surface area contributed by atoms with Crippen LogP contribution >= 0.6 is 0 Å². The van der Waals surface area contributed by atoms with Crippen LogP contribution < -0.4 is 4.74 Å². The molecule has 3 heteroatoms. The number of unbranched alkanes of at least 4 members (excludes halogenated alkanes) is 1. The summed E-state index contributed by atoms with van der Waals surface area (Å²) in [5, 5.41) is 2.63. The van der Waals surface area contributed by atoms with Crippen molar-refractivity contribution in [2.24, 2.45) is 5.92 Å². The molecule has 0 saturated heterocycles. The molecule has 28 heavy (non-hydrogen) atoms. The van der Waals surface area contributed by atoms with Crippen LogP contribution in [-0.4, -0.2) is 6.61 Å². The smallest absolute Gasteiger partial charge is 0.387 e. The molecule has 2 atom stereocenters. The summed E-state index contributed by atoms with van der Waals surface area (Å²) in [5.41, 5.74) is 4.04. The zero-order chi connectivity index (χ0) is 19.5. The van der Waals surface area contributed by atoms with E-state index in [4.69, 9.17) is 0 Å². The maximum Gasteiger partial charge on any atom is 0.387 e. The maximum atomic E-state index is 12.5. The van der Waals surface area contributed by atoms with Crippen molar-refractivity contribution >= 4 is 10.8 Å². The minimum atomic E-state index is -2.79. The predicted molar refractivity (Wildman–Crippen MR) is 110 cm³/mol. The zero-order valence-corrected chi connectivity index (χ0v) is 16.2. The Morgan fingerprint density at radius 2 is 1.79 bits per heavy atom. The van der Waals surface area contributed by atoms with E-state index in [1.54, 1.807) is 12.1 Å². The fourth-order valence-electron chi connectivity index (χ4n) is 4.76. The summed E-state index contributed by atoms with van der Waals surface area (Å²) >= 11 is 0. The summed E-state index contributed by atoms with van der Waals surface area (Å²) in [6.45, 7) is -0.555. The van der Waals surface area contributed by atoms with Gasteiger partial charge in [-0.3, -0.25) is 0 Å². The summed E-state index contributed by atoms with van der Waals surface area (Å²) in [6.07, 6.45) is 5.88. The van der Waals surface area contributed by atoms with Crippen LogP contribution in [0.15, 0.2) is 60.7 Å². The van der Waals surface area contributed by atoms with Gasteiger partial charge >= 0.3 is 6.61 Å². The molecular formula is C25H26F2O. The van der Waals surface area contributed by atoms with Gasteiger partial charge in [0.05, 0.1) is 0 Å². The quantitative estimate of drug-likeness (QED) is 0.435. The van der Waals surface area contributed by atoms with Gasteiger partial charge in [0, 0.05) is 5.92 Å². The van der Waals surface area contributed by atoms with Gasteiger partial charge in [0.25, 0.3) is 0 Å². The van der Waals surface area contributed by atoms with Crippen LogP contribution in [0.25, 0.3) is 10.8 Å². The number of hydrogen-bond donors (Lipinski definition) is 0. The summed E-state index contributed by atoms with van der Waals surface area (Å²) < 4.78 is 29.5. The molecule has 1 aliphatic carbocycles. The van der Waals surface area contributed by atoms with Gasteiger partial charge in [0.2, 0.25) is 0 Å². The molecule has 0 saturated carbocycles. The molecule has 4 rings (SSSR count). The van der Waals surface area contributed by atoms with E-state index in [1.807, 2.05) is 12.1 Å². The van der Waals surface area contributed by atoms with Gasteiger partial charge in [-0.1, -0.05) is 68.3 Å². The first-order valence-corrected chi connectivity index (χ1v) is 10.2. The highest BCUT2D eigenvalue weighted by molar-refractivity contribution is 5.87. The van der Waals surface area contributed by atoms with Crippen molar-refractivity contribution < 1.29 is 13.5 Å². The first kappa shape index (κ1) is 18.9. The second-order valence-electron chi connectivity index (χ2n) is 7.72. The zero-order valence-electron chi connectivity index (χ0n) is 16.2. The van der Waals surface area contributed by atoms with Gasteiger partial charge in [-0.25, -0.2) is 0 Å². The molecule has 0 aliphatic heterocycles. The van der Waals surface area contributed by atoms with E-state index in [1.165, 1.54) is 53.1 Å². The van der Waals surface area contributed by atoms with E-state index in [-0.39, 0.29) is 5.75 Å². The molecule has 0 aromatic heterocycles. The Morgan fingerprint density at radius 1 is 1.00 bits per heavy atom. The van der Waals surface area contributed by atoms with Gasteiger partial charge in [-0.05, 0) is 64.8 Å². The Morgan fingerprint density at radius 3 is 2.54 bits per heavy atom. The Balaban J connectivity index is 1.76. The molecule has 0 amide bonds. The van der Waals surface area contributed by atoms with Crippen molar-refractivity contribution in [1.29, 1.82) is 0 Å². The van der Waals surface area contributed by atoms with Crippen LogP contribution in [0, 0.1) is 5.92 Å². The lowest BCUT2D eigenvalue weighted by atomic mass is 9.69. The van der Waals surface area contributed by atoms with Gasteiger partial charge in [-0.2, -0.15) is 8.78 Å². The van der Waals surface area contributed by atoms with Crippen LogP contribution in [0.3, 0.4) is 0 Å². The summed E-state index contributed by atoms with van der Waals surface area (Å²) in [5.74, 6) is 1.11. The molecule has 0 bridgehead atoms. The van der Waals surface area contributed by atoms with Gasteiger partial charge in [-0.15, -0.1) is 0 Å². The number of rotatable bonds is 6. The van der Waals surface area contributed by atoms with Crippen molar-refractivity contribution in [3.8, 4) is 5.75 Å². The Kier molecular flexibility index (Phi) is 5.61. The van der Waals surface area contributed by atoms with Crippen LogP contribution in [-0.2, 0) is 6.42 Å². The molecule has 0 radical (unpaired) electrons. The second kappa shape index (κ2) is 8.30. The van der Waals surface area contributed by atoms with Crippen LogP contribution in [0.1, 0.15) is 55.2 Å². The highest BCUT2D eigenvalue weighted by Crippen LogP contribution is 2.45. The molecular weight excluding hydrogens is 354 g/mol. The highest BCUT2D eigenvalue weighted by Gasteiger charge is 2.31. The SMILES string of the molecule is CCCC[C@@H]1CCc2c(ccc3ccccc23)[C@H]1c1ccc(OC(F)F)cc1. The Labute approximate surface area is 165 Å². The van der Waals surface area contributed by atoms with Gasteiger partial charge in [0.1, 0.15) is 5.75 Å². The Bertz CT molecular complexity index is 933. The summed E-state index contributed by atoms with van der Waals surface area (Å²) in [6, 6.07) is 20.4. The third-order valence-electron chi connectivity index (χ3n) is 6.04. The van der Waals surface area contributed by atoms with Crippen molar-refractivity contribution in [1.82, 2.24) is 0 Å². The van der Waals surface area contributed by atoms with Crippen LogP contribution in [0.4, 0.5) is 8.78 Å². The lowest BCUT2D eigenvalue weighted by Crippen LogP contribution is -2.22. The molecule has 0 heterocycles. The van der Waals surface area contributed by atoms with E-state index in [9.17, 15) is 8.78 Å². The Hall–Kier alpha value is -2.42. The maximum absolute atomic E-state index is 12.5. The third-order valence-corrected chi connectivity index (χ3v) is 6.04. The number of alkyl halides is 2. The number of benzene rings is 3. The van der Waals surface area contributed by atoms with E-state index in [0.29, 0.717) is 11.8 Å². The van der Waals surface area contributed by atoms with Crippen molar-refractivity contribution in [3.63, 3.8) is 0 Å². The summed E-state index contributed by atoms with van der Waals surface area (Å²) in [4.78, 5) is 0. The molecule has 3 aromatic carbocycles. The second-order valence-corrected chi connectivity index (χ2v) is 7.72. The molecule has 0 fully saturated rings. The molecule has 3 aromatic rings. The molecule has 0 spiro atoms. The van der Waals surface area contributed by atoms with Gasteiger partial charge < -0.3 is 4.74 Å². The molecule has 1 nitrogen and oxygen atoms in total.